The summed E-state index contributed by atoms with van der Waals surface area (Å²) in [5, 5.41) is 9.98. The Labute approximate surface area is 129 Å². The number of likely N-dealkylation sites (tertiary alicyclic amines) is 1. The first-order valence-corrected chi connectivity index (χ1v) is 7.78. The van der Waals surface area contributed by atoms with E-state index in [9.17, 15) is 14.8 Å². The minimum Gasteiger partial charge on any atom is -0.447 e. The van der Waals surface area contributed by atoms with Gasteiger partial charge in [-0.05, 0) is 19.3 Å². The van der Waals surface area contributed by atoms with Crippen molar-refractivity contribution < 1.29 is 19.2 Å². The second kappa shape index (κ2) is 7.93. The standard InChI is InChI=1S/C15H23N3O4/c1-2-3-5-12(10-17(21)11-19)15(20)18-8-4-6-13(18)14-16-7-9-22-14/h7,9,11-13,21H,2-6,8,10H2,1H3/t12-,13?/m0/s1. The van der Waals surface area contributed by atoms with E-state index >= 15 is 0 Å². The maximum Gasteiger partial charge on any atom is 0.233 e. The van der Waals surface area contributed by atoms with Crippen molar-refractivity contribution in [3.05, 3.63) is 18.4 Å². The number of oxazole rings is 1. The third kappa shape index (κ3) is 3.85. The van der Waals surface area contributed by atoms with Crippen LogP contribution in [0.1, 0.15) is 51.0 Å². The van der Waals surface area contributed by atoms with Crippen LogP contribution in [-0.2, 0) is 9.59 Å². The monoisotopic (exact) mass is 309 g/mol. The Morgan fingerprint density at radius 1 is 1.68 bits per heavy atom. The van der Waals surface area contributed by atoms with Crippen LogP contribution >= 0.6 is 0 Å². The summed E-state index contributed by atoms with van der Waals surface area (Å²) < 4.78 is 5.34. The highest BCUT2D eigenvalue weighted by molar-refractivity contribution is 5.80. The largest absolute Gasteiger partial charge is 0.447 e. The predicted molar refractivity (Wildman–Crippen MR) is 77.8 cm³/mol. The fourth-order valence-corrected chi connectivity index (χ4v) is 2.93. The molecule has 122 valence electrons. The summed E-state index contributed by atoms with van der Waals surface area (Å²) in [7, 11) is 0. The molecule has 1 N–H and O–H groups in total. The number of aromatic nitrogens is 1. The maximum absolute atomic E-state index is 12.8. The Kier molecular flexibility index (Phi) is 5.94. The lowest BCUT2D eigenvalue weighted by molar-refractivity contribution is -0.157. The molecular weight excluding hydrogens is 286 g/mol. The van der Waals surface area contributed by atoms with Crippen molar-refractivity contribution in [3.63, 3.8) is 0 Å². The molecule has 7 heteroatoms. The van der Waals surface area contributed by atoms with Crippen molar-refractivity contribution in [3.8, 4) is 0 Å². The van der Waals surface area contributed by atoms with E-state index in [1.54, 1.807) is 11.1 Å². The van der Waals surface area contributed by atoms with E-state index in [0.717, 1.165) is 25.7 Å². The van der Waals surface area contributed by atoms with Crippen LogP contribution in [0.4, 0.5) is 0 Å². The van der Waals surface area contributed by atoms with Crippen molar-refractivity contribution in [2.75, 3.05) is 13.1 Å². The van der Waals surface area contributed by atoms with Crippen molar-refractivity contribution in [1.29, 1.82) is 0 Å². The number of hydrogen-bond acceptors (Lipinski definition) is 5. The van der Waals surface area contributed by atoms with Gasteiger partial charge >= 0.3 is 0 Å². The second-order valence-corrected chi connectivity index (χ2v) is 5.63. The molecule has 0 saturated carbocycles. The SMILES string of the molecule is CCCC[C@@H](CN(O)C=O)C(=O)N1CCCC1c1ncco1. The highest BCUT2D eigenvalue weighted by atomic mass is 16.5. The molecule has 2 amide bonds. The first-order chi connectivity index (χ1) is 10.7. The number of unbranched alkanes of at least 4 members (excludes halogenated alkanes) is 1. The summed E-state index contributed by atoms with van der Waals surface area (Å²) in [5.41, 5.74) is 0. The molecular formula is C15H23N3O4. The van der Waals surface area contributed by atoms with Gasteiger partial charge in [-0.25, -0.2) is 10.0 Å². The fraction of sp³-hybridized carbons (Fsp3) is 0.667. The smallest absolute Gasteiger partial charge is 0.233 e. The summed E-state index contributed by atoms with van der Waals surface area (Å²) in [6.45, 7) is 2.72. The average molecular weight is 309 g/mol. The zero-order valence-corrected chi connectivity index (χ0v) is 12.9. The Bertz CT molecular complexity index is 477. The quantitative estimate of drug-likeness (QED) is 0.451. The molecule has 1 aliphatic heterocycles. The summed E-state index contributed by atoms with van der Waals surface area (Å²) >= 11 is 0. The van der Waals surface area contributed by atoms with Crippen molar-refractivity contribution in [2.45, 2.75) is 45.1 Å². The first kappa shape index (κ1) is 16.5. The maximum atomic E-state index is 12.8. The van der Waals surface area contributed by atoms with Crippen LogP contribution < -0.4 is 0 Å². The summed E-state index contributed by atoms with van der Waals surface area (Å²) in [6.07, 6.45) is 7.62. The molecule has 2 rings (SSSR count). The van der Waals surface area contributed by atoms with Crippen LogP contribution in [0.2, 0.25) is 0 Å². The minimum absolute atomic E-state index is 0.0249. The van der Waals surface area contributed by atoms with Gasteiger partial charge in [-0.2, -0.15) is 0 Å². The highest BCUT2D eigenvalue weighted by Crippen LogP contribution is 2.32. The van der Waals surface area contributed by atoms with E-state index in [1.807, 2.05) is 6.92 Å². The van der Waals surface area contributed by atoms with E-state index in [2.05, 4.69) is 4.98 Å². The molecule has 1 aliphatic rings. The van der Waals surface area contributed by atoms with E-state index in [0.29, 0.717) is 30.3 Å². The lowest BCUT2D eigenvalue weighted by Gasteiger charge is -2.28. The molecule has 1 unspecified atom stereocenters. The fourth-order valence-electron chi connectivity index (χ4n) is 2.93. The number of rotatable bonds is 8. The summed E-state index contributed by atoms with van der Waals surface area (Å²) in [6, 6.07) is -0.144. The van der Waals surface area contributed by atoms with Crippen molar-refractivity contribution in [1.82, 2.24) is 14.9 Å². The lowest BCUT2D eigenvalue weighted by atomic mass is 9.99. The van der Waals surface area contributed by atoms with Gasteiger partial charge in [-0.15, -0.1) is 0 Å². The van der Waals surface area contributed by atoms with Crippen LogP contribution in [0.3, 0.4) is 0 Å². The second-order valence-electron chi connectivity index (χ2n) is 5.63. The summed E-state index contributed by atoms with van der Waals surface area (Å²) in [5.74, 6) is 0.108. The van der Waals surface area contributed by atoms with Gasteiger partial charge in [0.15, 0.2) is 0 Å². The minimum atomic E-state index is -0.397. The molecule has 0 aliphatic carbocycles. The molecule has 2 atom stereocenters. The van der Waals surface area contributed by atoms with E-state index in [4.69, 9.17) is 4.42 Å². The molecule has 1 fully saturated rings. The zero-order chi connectivity index (χ0) is 15.9. The lowest BCUT2D eigenvalue weighted by Crippen LogP contribution is -2.40. The van der Waals surface area contributed by atoms with Gasteiger partial charge in [0, 0.05) is 6.54 Å². The molecule has 0 bridgehead atoms. The van der Waals surface area contributed by atoms with E-state index in [1.165, 1.54) is 6.26 Å². The number of amides is 2. The number of carbonyl (C=O) groups is 2. The third-order valence-corrected chi connectivity index (χ3v) is 4.06. The molecule has 0 radical (unpaired) electrons. The Morgan fingerprint density at radius 2 is 2.50 bits per heavy atom. The van der Waals surface area contributed by atoms with E-state index in [-0.39, 0.29) is 18.5 Å². The molecule has 7 nitrogen and oxygen atoms in total. The number of hydroxylamine groups is 2. The highest BCUT2D eigenvalue weighted by Gasteiger charge is 2.36. The normalized spacial score (nSPS) is 19.2. The van der Waals surface area contributed by atoms with Crippen molar-refractivity contribution in [2.24, 2.45) is 5.92 Å². The van der Waals surface area contributed by atoms with Crippen LogP contribution in [0.25, 0.3) is 0 Å². The van der Waals surface area contributed by atoms with Gasteiger partial charge in [0.2, 0.25) is 18.2 Å². The van der Waals surface area contributed by atoms with Gasteiger partial charge < -0.3 is 9.32 Å². The molecule has 1 aromatic rings. The first-order valence-electron chi connectivity index (χ1n) is 7.78. The number of hydrogen-bond donors (Lipinski definition) is 1. The van der Waals surface area contributed by atoms with Gasteiger partial charge in [0.25, 0.3) is 0 Å². The molecule has 22 heavy (non-hydrogen) atoms. The van der Waals surface area contributed by atoms with Gasteiger partial charge in [0.05, 0.1) is 18.7 Å². The Balaban J connectivity index is 2.08. The van der Waals surface area contributed by atoms with Gasteiger partial charge in [-0.1, -0.05) is 19.8 Å². The van der Waals surface area contributed by atoms with Crippen LogP contribution in [-0.4, -0.2) is 45.6 Å². The molecule has 1 aromatic heterocycles. The average Bonchev–Trinajstić information content (AvgIpc) is 3.20. The van der Waals surface area contributed by atoms with Crippen LogP contribution in [0.15, 0.2) is 16.9 Å². The molecule has 2 heterocycles. The Morgan fingerprint density at radius 3 is 3.14 bits per heavy atom. The van der Waals surface area contributed by atoms with Crippen LogP contribution in [0, 0.1) is 5.92 Å². The third-order valence-electron chi connectivity index (χ3n) is 4.06. The zero-order valence-electron chi connectivity index (χ0n) is 12.9. The predicted octanol–water partition coefficient (Wildman–Crippen LogP) is 1.99. The Hall–Kier alpha value is -1.89. The van der Waals surface area contributed by atoms with E-state index < -0.39 is 5.92 Å². The van der Waals surface area contributed by atoms with Crippen molar-refractivity contribution >= 4 is 12.3 Å². The number of nitrogens with zero attached hydrogens (tertiary/aromatic N) is 3. The molecule has 0 aromatic carbocycles. The number of carbonyl (C=O) groups excluding carboxylic acids is 2. The van der Waals surface area contributed by atoms with Crippen LogP contribution in [0.5, 0.6) is 0 Å². The van der Waals surface area contributed by atoms with Gasteiger partial charge in [-0.3, -0.25) is 14.8 Å². The molecule has 0 spiro atoms. The van der Waals surface area contributed by atoms with Gasteiger partial charge in [0.1, 0.15) is 12.3 Å². The summed E-state index contributed by atoms with van der Waals surface area (Å²) in [4.78, 5) is 29.4. The molecule has 1 saturated heterocycles. The topological polar surface area (TPSA) is 86.9 Å².